The first-order valence-electron chi connectivity index (χ1n) is 12.4. The van der Waals surface area contributed by atoms with Crippen molar-refractivity contribution in [2.75, 3.05) is 25.4 Å². The highest BCUT2D eigenvalue weighted by Gasteiger charge is 2.30. The lowest BCUT2D eigenvalue weighted by molar-refractivity contribution is 0.0369. The fraction of sp³-hybridized carbons (Fsp3) is 0.444. The molecule has 1 aliphatic heterocycles. The molecule has 3 aromatic rings. The van der Waals surface area contributed by atoms with Crippen LogP contribution in [0.15, 0.2) is 48.7 Å². The number of aromatic amines is 1. The lowest BCUT2D eigenvalue weighted by Gasteiger charge is -2.31. The van der Waals surface area contributed by atoms with Crippen LogP contribution in [-0.4, -0.2) is 66.4 Å². The van der Waals surface area contributed by atoms with Gasteiger partial charge in [-0.15, -0.1) is 0 Å². The summed E-state index contributed by atoms with van der Waals surface area (Å²) in [7, 11) is -3.43. The largest absolute Gasteiger partial charge is 0.393 e. The van der Waals surface area contributed by atoms with Crippen molar-refractivity contribution in [1.82, 2.24) is 9.29 Å². The summed E-state index contributed by atoms with van der Waals surface area (Å²) in [4.78, 5) is 15.5. The molecule has 9 heteroatoms. The Morgan fingerprint density at radius 1 is 1.17 bits per heavy atom. The number of nitrogens with zero attached hydrogens (tertiary/aromatic N) is 1. The van der Waals surface area contributed by atoms with Crippen molar-refractivity contribution < 1.29 is 23.1 Å². The average molecular weight is 514 g/mol. The van der Waals surface area contributed by atoms with E-state index in [1.165, 1.54) is 0 Å². The van der Waals surface area contributed by atoms with E-state index in [4.69, 9.17) is 10.5 Å². The highest BCUT2D eigenvalue weighted by molar-refractivity contribution is 7.89. The Bertz CT molecular complexity index is 1300. The van der Waals surface area contributed by atoms with Crippen LogP contribution in [0.1, 0.15) is 54.9 Å². The molecule has 0 saturated carbocycles. The predicted octanol–water partition coefficient (Wildman–Crippen LogP) is 3.62. The maximum atomic E-state index is 12.9. The first kappa shape index (κ1) is 26.3. The van der Waals surface area contributed by atoms with E-state index in [1.54, 1.807) is 11.2 Å². The zero-order chi connectivity index (χ0) is 25.9. The number of fused-ring (bicyclic) bond motifs is 1. The van der Waals surface area contributed by atoms with Gasteiger partial charge in [-0.3, -0.25) is 4.79 Å². The van der Waals surface area contributed by atoms with Gasteiger partial charge in [-0.1, -0.05) is 30.3 Å². The third-order valence-corrected chi connectivity index (χ3v) is 8.73. The quantitative estimate of drug-likeness (QED) is 0.382. The number of piperidine rings is 1. The molecule has 1 saturated heterocycles. The van der Waals surface area contributed by atoms with Gasteiger partial charge in [0.05, 0.1) is 35.6 Å². The molecule has 0 spiro atoms. The van der Waals surface area contributed by atoms with Gasteiger partial charge in [-0.2, -0.15) is 0 Å². The molecule has 2 heterocycles. The van der Waals surface area contributed by atoms with Crippen LogP contribution in [0.2, 0.25) is 0 Å². The van der Waals surface area contributed by atoms with Crippen molar-refractivity contribution in [2.45, 2.75) is 51.2 Å². The van der Waals surface area contributed by atoms with Crippen molar-refractivity contribution in [2.24, 2.45) is 5.73 Å². The van der Waals surface area contributed by atoms with Gasteiger partial charge in [-0.05, 0) is 67.9 Å². The van der Waals surface area contributed by atoms with E-state index in [9.17, 15) is 18.3 Å². The minimum Gasteiger partial charge on any atom is -0.393 e. The molecule has 0 bridgehead atoms. The van der Waals surface area contributed by atoms with Crippen LogP contribution in [0.4, 0.5) is 0 Å². The molecule has 0 radical (unpaired) electrons. The molecule has 4 N–H and O–H groups in total. The number of hydrogen-bond donors (Lipinski definition) is 3. The second-order valence-electron chi connectivity index (χ2n) is 9.68. The van der Waals surface area contributed by atoms with Crippen molar-refractivity contribution in [3.05, 3.63) is 59.8 Å². The normalized spacial score (nSPS) is 17.3. The third-order valence-electron chi connectivity index (χ3n) is 6.90. The molecule has 2 atom stereocenters. The molecule has 8 nitrogen and oxygen atoms in total. The van der Waals surface area contributed by atoms with Crippen LogP contribution in [0.5, 0.6) is 0 Å². The Kier molecular flexibility index (Phi) is 8.14. The number of amides is 1. The lowest BCUT2D eigenvalue weighted by atomic mass is 9.88. The molecule has 1 amide bonds. The Hall–Kier alpha value is -2.72. The smallest absolute Gasteiger partial charge is 0.250 e. The van der Waals surface area contributed by atoms with E-state index in [2.05, 4.69) is 11.1 Å². The van der Waals surface area contributed by atoms with Crippen molar-refractivity contribution in [3.8, 4) is 11.1 Å². The number of hydrogen-bond acceptors (Lipinski definition) is 5. The second kappa shape index (κ2) is 11.1. The zero-order valence-electron chi connectivity index (χ0n) is 20.8. The number of carbonyl (C=O) groups excluding carboxylic acids is 1. The van der Waals surface area contributed by atoms with Gasteiger partial charge >= 0.3 is 0 Å². The molecule has 1 aromatic heterocycles. The molecular formula is C27H35N3O5S. The van der Waals surface area contributed by atoms with E-state index in [1.807, 2.05) is 49.5 Å². The number of primary amides is 1. The maximum Gasteiger partial charge on any atom is 0.250 e. The molecule has 2 aromatic carbocycles. The first-order chi connectivity index (χ1) is 17.2. The van der Waals surface area contributed by atoms with Gasteiger partial charge in [-0.25, -0.2) is 12.7 Å². The number of aliphatic hydroxyl groups is 1. The van der Waals surface area contributed by atoms with Gasteiger partial charge in [0, 0.05) is 24.7 Å². The highest BCUT2D eigenvalue weighted by atomic mass is 32.2. The fourth-order valence-corrected chi connectivity index (χ4v) is 6.39. The van der Waals surface area contributed by atoms with Crippen LogP contribution in [-0.2, 0) is 14.8 Å². The number of H-pyrrole nitrogens is 1. The fourth-order valence-electron chi connectivity index (χ4n) is 5.06. The van der Waals surface area contributed by atoms with Crippen LogP contribution in [0, 0.1) is 0 Å². The molecule has 36 heavy (non-hydrogen) atoms. The number of nitrogens with two attached hydrogens (primary N) is 1. The number of aliphatic hydroxyl groups excluding tert-OH is 1. The van der Waals surface area contributed by atoms with E-state index < -0.39 is 22.0 Å². The summed E-state index contributed by atoms with van der Waals surface area (Å²) in [6.07, 6.45) is 3.10. The van der Waals surface area contributed by atoms with Gasteiger partial charge < -0.3 is 20.6 Å². The number of benzene rings is 2. The summed E-state index contributed by atoms with van der Waals surface area (Å²) in [5.41, 5.74) is 9.87. The molecule has 1 aliphatic rings. The molecule has 1 fully saturated rings. The summed E-state index contributed by atoms with van der Waals surface area (Å²) < 4.78 is 32.8. The molecule has 0 aliphatic carbocycles. The monoisotopic (exact) mass is 513 g/mol. The topological polar surface area (TPSA) is 126 Å². The van der Waals surface area contributed by atoms with Gasteiger partial charge in [0.1, 0.15) is 0 Å². The van der Waals surface area contributed by atoms with Crippen molar-refractivity contribution in [1.29, 1.82) is 0 Å². The number of carbonyl (C=O) groups is 1. The molecular weight excluding hydrogens is 478 g/mol. The predicted molar refractivity (Wildman–Crippen MR) is 141 cm³/mol. The molecule has 4 rings (SSSR count). The first-order valence-corrected chi connectivity index (χ1v) is 14.0. The van der Waals surface area contributed by atoms with E-state index in [0.717, 1.165) is 27.6 Å². The third kappa shape index (κ3) is 5.98. The number of aromatic nitrogens is 1. The minimum absolute atomic E-state index is 0.0721. The summed E-state index contributed by atoms with van der Waals surface area (Å²) in [6.45, 7) is 4.50. The van der Waals surface area contributed by atoms with E-state index in [-0.39, 0.29) is 24.4 Å². The van der Waals surface area contributed by atoms with Crippen molar-refractivity contribution >= 4 is 26.8 Å². The Morgan fingerprint density at radius 2 is 1.86 bits per heavy atom. The highest BCUT2D eigenvalue weighted by Crippen LogP contribution is 2.37. The van der Waals surface area contributed by atoms with Crippen LogP contribution in [0.3, 0.4) is 0 Å². The van der Waals surface area contributed by atoms with Crippen LogP contribution >= 0.6 is 0 Å². The van der Waals surface area contributed by atoms with E-state index >= 15 is 0 Å². The molecule has 194 valence electrons. The van der Waals surface area contributed by atoms with Crippen LogP contribution in [0.25, 0.3) is 22.0 Å². The van der Waals surface area contributed by atoms with Gasteiger partial charge in [0.25, 0.3) is 5.91 Å². The number of sulfonamides is 1. The number of rotatable bonds is 10. The maximum absolute atomic E-state index is 12.9. The van der Waals surface area contributed by atoms with Gasteiger partial charge in [0.15, 0.2) is 0 Å². The average Bonchev–Trinajstić information content (AvgIpc) is 3.27. The Labute approximate surface area is 212 Å². The second-order valence-corrected chi connectivity index (χ2v) is 11.8. The summed E-state index contributed by atoms with van der Waals surface area (Å²) in [6, 6.07) is 13.8. The van der Waals surface area contributed by atoms with Crippen molar-refractivity contribution in [3.63, 3.8) is 0 Å². The minimum atomic E-state index is -3.43. The number of nitrogens with one attached hydrogen (secondary N) is 1. The number of ether oxygens (including phenoxy) is 1. The Morgan fingerprint density at radius 3 is 2.50 bits per heavy atom. The lowest BCUT2D eigenvalue weighted by Crippen LogP contribution is -2.40. The standard InChI is InChI=1S/C27H35N3O5S/c1-18(31)14-19(2)35-12-13-36(33,34)30-10-8-21(9-11-30)25-17-29-26-23(25)15-22(16-24(26)27(28)32)20-6-4-3-5-7-20/h3-7,15-19,21,29,31H,8-14H2,1-2H3,(H2,28,32)/t18-,19-/m0/s1. The SMILES string of the molecule is C[C@H](O)C[C@H](C)OCCS(=O)(=O)N1CCC(c2c[nH]c3c(C(N)=O)cc(-c4ccccc4)cc23)CC1. The summed E-state index contributed by atoms with van der Waals surface area (Å²) in [5.74, 6) is -0.395. The Balaban J connectivity index is 1.48. The summed E-state index contributed by atoms with van der Waals surface area (Å²) >= 11 is 0. The zero-order valence-corrected chi connectivity index (χ0v) is 21.6. The molecule has 0 unspecified atom stereocenters. The van der Waals surface area contributed by atoms with Crippen LogP contribution < -0.4 is 5.73 Å². The summed E-state index contributed by atoms with van der Waals surface area (Å²) in [5, 5.41) is 10.4. The van der Waals surface area contributed by atoms with Gasteiger partial charge in [0.2, 0.25) is 10.0 Å². The van der Waals surface area contributed by atoms with E-state index in [0.29, 0.717) is 37.9 Å².